The maximum atomic E-state index is 12.1. The Hall–Kier alpha value is -2.02. The minimum atomic E-state index is -2.23. The third-order valence-electron chi connectivity index (χ3n) is 7.20. The van der Waals surface area contributed by atoms with Crippen LogP contribution in [0.1, 0.15) is 71.1 Å². The summed E-state index contributed by atoms with van der Waals surface area (Å²) in [4.78, 5) is 28.1. The van der Waals surface area contributed by atoms with Crippen LogP contribution in [0.5, 0.6) is 0 Å². The third-order valence-corrected chi connectivity index (χ3v) is 7.20. The molecule has 1 aliphatic carbocycles. The van der Waals surface area contributed by atoms with Crippen molar-refractivity contribution in [3.63, 3.8) is 0 Å². The summed E-state index contributed by atoms with van der Waals surface area (Å²) in [6.07, 6.45) is 8.26. The van der Waals surface area contributed by atoms with Crippen molar-refractivity contribution in [2.45, 2.75) is 89.1 Å². The Morgan fingerprint density at radius 2 is 1.56 bits per heavy atom. The number of likely N-dealkylation sites (tertiary alicyclic amines) is 2. The summed E-state index contributed by atoms with van der Waals surface area (Å²) < 4.78 is 24.2. The highest BCUT2D eigenvalue weighted by Gasteiger charge is 2.50. The van der Waals surface area contributed by atoms with Gasteiger partial charge in [-0.3, -0.25) is 9.59 Å². The van der Waals surface area contributed by atoms with Crippen LogP contribution in [-0.4, -0.2) is 78.2 Å². The fourth-order valence-electron chi connectivity index (χ4n) is 4.61. The van der Waals surface area contributed by atoms with E-state index in [1.165, 1.54) is 25.7 Å². The number of hydrogen-bond acceptors (Lipinski definition) is 3. The van der Waals surface area contributed by atoms with Crippen LogP contribution in [0.4, 0.5) is 8.78 Å². The Bertz CT molecular complexity index is 668. The molecule has 0 bridgehead atoms. The van der Waals surface area contributed by atoms with Gasteiger partial charge in [0.05, 0.1) is 0 Å². The standard InChI is InChI=1S/C14H26F2N2O.C7H11NO.C6H6/c1-12(17(2)11-8-13(15)16)6-5-7-14(19)18-9-3-4-10-18;9-6-8-5-1-2-7(8)3-4-7;1-2-4-6-5-3-1/h12-13H,3-11H2,1-2H3;6H,1-5H2;1-6H. The molecule has 5 nitrogen and oxygen atoms in total. The van der Waals surface area contributed by atoms with Crippen molar-refractivity contribution < 1.29 is 18.4 Å². The van der Waals surface area contributed by atoms with E-state index >= 15 is 0 Å². The number of benzene rings is 1. The first-order chi connectivity index (χ1) is 16.4. The molecule has 1 saturated carbocycles. The number of rotatable bonds is 9. The molecule has 3 fully saturated rings. The average molecular weight is 480 g/mol. The summed E-state index contributed by atoms with van der Waals surface area (Å²) in [5, 5.41) is 0. The van der Waals surface area contributed by atoms with Gasteiger partial charge in [0, 0.05) is 50.6 Å². The van der Waals surface area contributed by atoms with Crippen molar-refractivity contribution in [1.82, 2.24) is 14.7 Å². The van der Waals surface area contributed by atoms with Gasteiger partial charge in [-0.25, -0.2) is 8.78 Å². The van der Waals surface area contributed by atoms with E-state index in [2.05, 4.69) is 0 Å². The number of alkyl halides is 2. The number of carbonyl (C=O) groups is 2. The second kappa shape index (κ2) is 15.1. The number of hydrogen-bond donors (Lipinski definition) is 0. The minimum Gasteiger partial charge on any atom is -0.343 e. The summed E-state index contributed by atoms with van der Waals surface area (Å²) in [6.45, 7) is 5.26. The molecule has 4 rings (SSSR count). The van der Waals surface area contributed by atoms with Gasteiger partial charge in [0.1, 0.15) is 0 Å². The van der Waals surface area contributed by atoms with E-state index in [9.17, 15) is 18.4 Å². The molecule has 1 aromatic carbocycles. The van der Waals surface area contributed by atoms with E-state index in [0.717, 1.165) is 51.7 Å². The molecule has 0 aromatic heterocycles. The van der Waals surface area contributed by atoms with E-state index in [1.54, 1.807) is 0 Å². The molecule has 2 heterocycles. The number of halogens is 2. The Kier molecular flexibility index (Phi) is 12.5. The summed E-state index contributed by atoms with van der Waals surface area (Å²) in [7, 11) is 1.87. The highest BCUT2D eigenvalue weighted by molar-refractivity contribution is 5.76. The molecule has 34 heavy (non-hydrogen) atoms. The topological polar surface area (TPSA) is 43.9 Å². The van der Waals surface area contributed by atoms with Gasteiger partial charge in [-0.05, 0) is 65.3 Å². The molecule has 1 unspecified atom stereocenters. The molecule has 0 N–H and O–H groups in total. The number of carbonyl (C=O) groups excluding carboxylic acids is 2. The predicted octanol–water partition coefficient (Wildman–Crippen LogP) is 5.21. The maximum Gasteiger partial charge on any atom is 0.239 e. The van der Waals surface area contributed by atoms with Crippen molar-refractivity contribution in [2.75, 3.05) is 33.2 Å². The first-order valence-electron chi connectivity index (χ1n) is 12.9. The lowest BCUT2D eigenvalue weighted by Crippen LogP contribution is -2.32. The Balaban J connectivity index is 0.000000219. The lowest BCUT2D eigenvalue weighted by atomic mass is 10.1. The third kappa shape index (κ3) is 10.1. The second-order valence-electron chi connectivity index (χ2n) is 9.77. The van der Waals surface area contributed by atoms with Crippen LogP contribution in [0.15, 0.2) is 36.4 Å². The van der Waals surface area contributed by atoms with Gasteiger partial charge in [-0.15, -0.1) is 0 Å². The molecule has 7 heteroatoms. The van der Waals surface area contributed by atoms with Crippen LogP contribution < -0.4 is 0 Å². The molecule has 1 atom stereocenters. The van der Waals surface area contributed by atoms with Gasteiger partial charge in [0.15, 0.2) is 0 Å². The van der Waals surface area contributed by atoms with Crippen LogP contribution in [0.3, 0.4) is 0 Å². The van der Waals surface area contributed by atoms with Gasteiger partial charge in [0.25, 0.3) is 0 Å². The fourth-order valence-corrected chi connectivity index (χ4v) is 4.61. The van der Waals surface area contributed by atoms with Crippen molar-refractivity contribution in [1.29, 1.82) is 0 Å². The summed E-state index contributed by atoms with van der Waals surface area (Å²) in [5.74, 6) is 0.250. The first kappa shape index (κ1) is 28.2. The summed E-state index contributed by atoms with van der Waals surface area (Å²) >= 11 is 0. The van der Waals surface area contributed by atoms with Gasteiger partial charge in [-0.1, -0.05) is 36.4 Å². The SMILES string of the molecule is CC(CCCC(=O)N1CCCC1)N(C)CCC(F)F.O=CN1CCCC12CC2.c1ccccc1. The summed E-state index contributed by atoms with van der Waals surface area (Å²) in [5.41, 5.74) is 0.377. The van der Waals surface area contributed by atoms with Gasteiger partial charge >= 0.3 is 0 Å². The van der Waals surface area contributed by atoms with Crippen molar-refractivity contribution in [2.24, 2.45) is 0 Å². The second-order valence-corrected chi connectivity index (χ2v) is 9.77. The van der Waals surface area contributed by atoms with E-state index in [0.29, 0.717) is 18.5 Å². The highest BCUT2D eigenvalue weighted by atomic mass is 19.3. The number of amides is 2. The Labute approximate surface area is 204 Å². The molecule has 2 saturated heterocycles. The Morgan fingerprint density at radius 3 is 2.03 bits per heavy atom. The lowest BCUT2D eigenvalue weighted by molar-refractivity contribution is -0.130. The molecule has 0 radical (unpaired) electrons. The normalized spacial score (nSPS) is 18.9. The van der Waals surface area contributed by atoms with Gasteiger partial charge in [-0.2, -0.15) is 0 Å². The minimum absolute atomic E-state index is 0.0758. The largest absolute Gasteiger partial charge is 0.343 e. The van der Waals surface area contributed by atoms with Crippen LogP contribution in [0.2, 0.25) is 0 Å². The van der Waals surface area contributed by atoms with E-state index in [-0.39, 0.29) is 18.4 Å². The number of nitrogens with zero attached hydrogens (tertiary/aromatic N) is 3. The van der Waals surface area contributed by atoms with E-state index in [1.807, 2.05) is 65.1 Å². The van der Waals surface area contributed by atoms with Crippen LogP contribution in [0, 0.1) is 0 Å². The average Bonchev–Trinajstić information content (AvgIpc) is 3.24. The van der Waals surface area contributed by atoms with Crippen LogP contribution in [0.25, 0.3) is 0 Å². The fraction of sp³-hybridized carbons (Fsp3) is 0.704. The van der Waals surface area contributed by atoms with Gasteiger partial charge in [0.2, 0.25) is 18.7 Å². The molecular formula is C27H43F2N3O2. The molecular weight excluding hydrogens is 436 g/mol. The molecule has 1 aromatic rings. The monoisotopic (exact) mass is 479 g/mol. The van der Waals surface area contributed by atoms with E-state index < -0.39 is 6.43 Å². The zero-order chi connectivity index (χ0) is 24.8. The van der Waals surface area contributed by atoms with Crippen LogP contribution in [-0.2, 0) is 9.59 Å². The first-order valence-corrected chi connectivity index (χ1v) is 12.9. The smallest absolute Gasteiger partial charge is 0.239 e. The van der Waals surface area contributed by atoms with E-state index in [4.69, 9.17) is 0 Å². The highest BCUT2D eigenvalue weighted by Crippen LogP contribution is 2.48. The molecule has 192 valence electrons. The van der Waals surface area contributed by atoms with Crippen molar-refractivity contribution in [3.05, 3.63) is 36.4 Å². The summed E-state index contributed by atoms with van der Waals surface area (Å²) in [6, 6.07) is 12.3. The predicted molar refractivity (Wildman–Crippen MR) is 133 cm³/mol. The molecule has 1 spiro atoms. The van der Waals surface area contributed by atoms with Crippen LogP contribution >= 0.6 is 0 Å². The van der Waals surface area contributed by atoms with Crippen molar-refractivity contribution in [3.8, 4) is 0 Å². The maximum absolute atomic E-state index is 12.1. The molecule has 3 aliphatic rings. The van der Waals surface area contributed by atoms with Crippen molar-refractivity contribution >= 4 is 12.3 Å². The zero-order valence-corrected chi connectivity index (χ0v) is 21.0. The Morgan fingerprint density at radius 1 is 0.971 bits per heavy atom. The quantitative estimate of drug-likeness (QED) is 0.457. The van der Waals surface area contributed by atoms with Gasteiger partial charge < -0.3 is 14.7 Å². The molecule has 2 aliphatic heterocycles. The molecule has 2 amide bonds. The lowest BCUT2D eigenvalue weighted by Gasteiger charge is -2.24. The zero-order valence-electron chi connectivity index (χ0n) is 21.0.